The first kappa shape index (κ1) is 14.7. The summed E-state index contributed by atoms with van der Waals surface area (Å²) in [6.45, 7) is 1.94. The number of aliphatic carboxylic acids is 1. The number of benzene rings is 1. The third kappa shape index (κ3) is 3.07. The Morgan fingerprint density at radius 1 is 1.45 bits per heavy atom. The topological polar surface area (TPSA) is 75.6 Å². The van der Waals surface area contributed by atoms with E-state index in [1.165, 1.54) is 11.8 Å². The average Bonchev–Trinajstić information content (AvgIpc) is 2.80. The number of carboxylic acid groups (broad SMARTS) is 1. The van der Waals surface area contributed by atoms with Gasteiger partial charge in [0.05, 0.1) is 0 Å². The summed E-state index contributed by atoms with van der Waals surface area (Å²) in [6.07, 6.45) is -0.278. The van der Waals surface area contributed by atoms with Gasteiger partial charge in [0.25, 0.3) is 0 Å². The SMILES string of the molecule is C[C@H]1SCC[C@@]1(NC(=O)OCc1ccccc1)C(=O)O. The summed E-state index contributed by atoms with van der Waals surface area (Å²) in [5, 5.41) is 11.7. The van der Waals surface area contributed by atoms with Crippen LogP contribution in [0.1, 0.15) is 18.9 Å². The maximum Gasteiger partial charge on any atom is 0.408 e. The highest BCUT2D eigenvalue weighted by atomic mass is 32.2. The van der Waals surface area contributed by atoms with E-state index < -0.39 is 17.6 Å². The molecule has 2 atom stereocenters. The molecule has 1 saturated heterocycles. The van der Waals surface area contributed by atoms with Crippen molar-refractivity contribution in [2.24, 2.45) is 0 Å². The molecule has 108 valence electrons. The molecule has 2 N–H and O–H groups in total. The second-order valence-electron chi connectivity index (χ2n) is 4.73. The van der Waals surface area contributed by atoms with Gasteiger partial charge in [-0.1, -0.05) is 37.3 Å². The monoisotopic (exact) mass is 295 g/mol. The molecule has 1 fully saturated rings. The van der Waals surface area contributed by atoms with Crippen LogP contribution in [-0.2, 0) is 16.1 Å². The van der Waals surface area contributed by atoms with Crippen molar-refractivity contribution in [3.63, 3.8) is 0 Å². The van der Waals surface area contributed by atoms with Gasteiger partial charge in [0, 0.05) is 5.25 Å². The second kappa shape index (κ2) is 6.17. The van der Waals surface area contributed by atoms with Gasteiger partial charge < -0.3 is 15.2 Å². The Kier molecular flexibility index (Phi) is 4.54. The predicted octanol–water partition coefficient (Wildman–Crippen LogP) is 2.26. The third-order valence-corrected chi connectivity index (χ3v) is 4.82. The summed E-state index contributed by atoms with van der Waals surface area (Å²) in [4.78, 5) is 23.3. The highest BCUT2D eigenvalue weighted by Crippen LogP contribution is 2.36. The summed E-state index contributed by atoms with van der Waals surface area (Å²) in [5.41, 5.74) is -0.362. The molecular formula is C14H17NO4S. The smallest absolute Gasteiger partial charge is 0.408 e. The number of carbonyl (C=O) groups excluding carboxylic acids is 1. The van der Waals surface area contributed by atoms with E-state index in [1.54, 1.807) is 0 Å². The van der Waals surface area contributed by atoms with Crippen LogP contribution in [0.5, 0.6) is 0 Å². The van der Waals surface area contributed by atoms with Crippen molar-refractivity contribution in [1.29, 1.82) is 0 Å². The van der Waals surface area contributed by atoms with E-state index in [2.05, 4.69) is 5.32 Å². The zero-order valence-corrected chi connectivity index (χ0v) is 12.0. The zero-order valence-electron chi connectivity index (χ0n) is 11.2. The predicted molar refractivity (Wildman–Crippen MR) is 76.7 cm³/mol. The van der Waals surface area contributed by atoms with Crippen LogP contribution in [0.15, 0.2) is 30.3 Å². The molecule has 1 heterocycles. The van der Waals surface area contributed by atoms with Gasteiger partial charge >= 0.3 is 12.1 Å². The van der Waals surface area contributed by atoms with Crippen molar-refractivity contribution >= 4 is 23.8 Å². The average molecular weight is 295 g/mol. The summed E-state index contributed by atoms with van der Waals surface area (Å²) in [5.74, 6) is -0.293. The number of carboxylic acids is 1. The normalized spacial score (nSPS) is 25.1. The Bertz CT molecular complexity index is 493. The van der Waals surface area contributed by atoms with E-state index in [-0.39, 0.29) is 11.9 Å². The fraction of sp³-hybridized carbons (Fsp3) is 0.429. The van der Waals surface area contributed by atoms with Crippen molar-refractivity contribution < 1.29 is 19.4 Å². The minimum atomic E-state index is -1.22. The van der Waals surface area contributed by atoms with Crippen molar-refractivity contribution in [3.05, 3.63) is 35.9 Å². The fourth-order valence-electron chi connectivity index (χ4n) is 2.18. The van der Waals surface area contributed by atoms with E-state index in [4.69, 9.17) is 4.74 Å². The summed E-state index contributed by atoms with van der Waals surface area (Å²) in [6, 6.07) is 9.26. The van der Waals surface area contributed by atoms with Gasteiger partial charge in [0.15, 0.2) is 5.54 Å². The minimum Gasteiger partial charge on any atom is -0.479 e. The molecule has 6 heteroatoms. The lowest BCUT2D eigenvalue weighted by molar-refractivity contribution is -0.144. The van der Waals surface area contributed by atoms with Crippen molar-refractivity contribution in [2.75, 3.05) is 5.75 Å². The van der Waals surface area contributed by atoms with Gasteiger partial charge in [-0.2, -0.15) is 11.8 Å². The first-order valence-electron chi connectivity index (χ1n) is 6.38. The molecule has 0 saturated carbocycles. The first-order valence-corrected chi connectivity index (χ1v) is 7.43. The van der Waals surface area contributed by atoms with Gasteiger partial charge in [0.1, 0.15) is 6.61 Å². The van der Waals surface area contributed by atoms with Crippen LogP contribution in [0.2, 0.25) is 0 Å². The summed E-state index contributed by atoms with van der Waals surface area (Å²) in [7, 11) is 0. The molecule has 1 aliphatic heterocycles. The third-order valence-electron chi connectivity index (χ3n) is 3.48. The van der Waals surface area contributed by atoms with Crippen molar-refractivity contribution in [3.8, 4) is 0 Å². The standard InChI is InChI=1S/C14H17NO4S/c1-10-14(12(16)17,7-8-20-10)15-13(18)19-9-11-5-3-2-4-6-11/h2-6,10H,7-9H2,1H3,(H,15,18)(H,16,17)/t10-,14+/m1/s1. The van der Waals surface area contributed by atoms with Crippen LogP contribution in [0.3, 0.4) is 0 Å². The Morgan fingerprint density at radius 2 is 2.15 bits per heavy atom. The number of nitrogens with one attached hydrogen (secondary N) is 1. The van der Waals surface area contributed by atoms with Crippen LogP contribution < -0.4 is 5.32 Å². The van der Waals surface area contributed by atoms with Gasteiger partial charge in [-0.3, -0.25) is 0 Å². The van der Waals surface area contributed by atoms with Crippen molar-refractivity contribution in [1.82, 2.24) is 5.32 Å². The van der Waals surface area contributed by atoms with Crippen LogP contribution >= 0.6 is 11.8 Å². The lowest BCUT2D eigenvalue weighted by Gasteiger charge is -2.28. The number of rotatable bonds is 4. The number of carbonyl (C=O) groups is 2. The Labute approximate surface area is 121 Å². The number of hydrogen-bond donors (Lipinski definition) is 2. The van der Waals surface area contributed by atoms with E-state index in [9.17, 15) is 14.7 Å². The number of alkyl carbamates (subject to hydrolysis) is 1. The Hall–Kier alpha value is -1.69. The van der Waals surface area contributed by atoms with Crippen LogP contribution in [0.25, 0.3) is 0 Å². The molecule has 20 heavy (non-hydrogen) atoms. The number of hydrogen-bond acceptors (Lipinski definition) is 4. The van der Waals surface area contributed by atoms with Crippen LogP contribution in [0.4, 0.5) is 4.79 Å². The zero-order chi connectivity index (χ0) is 14.6. The highest BCUT2D eigenvalue weighted by Gasteiger charge is 2.49. The van der Waals surface area contributed by atoms with Gasteiger partial charge in [0.2, 0.25) is 0 Å². The first-order chi connectivity index (χ1) is 9.54. The van der Waals surface area contributed by atoms with Crippen LogP contribution in [0, 0.1) is 0 Å². The Balaban J connectivity index is 1.94. The maximum absolute atomic E-state index is 11.8. The Morgan fingerprint density at radius 3 is 2.70 bits per heavy atom. The molecule has 0 unspecified atom stereocenters. The molecular weight excluding hydrogens is 278 g/mol. The van der Waals surface area contributed by atoms with Crippen molar-refractivity contribution in [2.45, 2.75) is 30.7 Å². The number of thioether (sulfide) groups is 1. The molecule has 0 radical (unpaired) electrons. The largest absolute Gasteiger partial charge is 0.479 e. The minimum absolute atomic E-state index is 0.129. The van der Waals surface area contributed by atoms with Gasteiger partial charge in [-0.15, -0.1) is 0 Å². The maximum atomic E-state index is 11.8. The van der Waals surface area contributed by atoms with Crippen LogP contribution in [-0.4, -0.2) is 33.7 Å². The molecule has 1 aliphatic rings. The molecule has 0 bridgehead atoms. The molecule has 1 amide bonds. The van der Waals surface area contributed by atoms with E-state index >= 15 is 0 Å². The second-order valence-corrected chi connectivity index (χ2v) is 6.17. The van der Waals surface area contributed by atoms with Gasteiger partial charge in [-0.05, 0) is 17.7 Å². The molecule has 2 rings (SSSR count). The fourth-order valence-corrected chi connectivity index (χ4v) is 3.54. The quantitative estimate of drug-likeness (QED) is 0.891. The van der Waals surface area contributed by atoms with E-state index in [1.807, 2.05) is 37.3 Å². The van der Waals surface area contributed by atoms with E-state index in [0.717, 1.165) is 5.56 Å². The number of ether oxygens (including phenoxy) is 1. The molecule has 0 aliphatic carbocycles. The highest BCUT2D eigenvalue weighted by molar-refractivity contribution is 8.00. The van der Waals surface area contributed by atoms with E-state index in [0.29, 0.717) is 12.2 Å². The lowest BCUT2D eigenvalue weighted by atomic mass is 9.93. The number of amides is 1. The molecule has 5 nitrogen and oxygen atoms in total. The lowest BCUT2D eigenvalue weighted by Crippen LogP contribution is -2.58. The summed E-state index contributed by atoms with van der Waals surface area (Å²) < 4.78 is 5.09. The molecule has 0 aromatic heterocycles. The molecule has 1 aromatic carbocycles. The molecule has 1 aromatic rings. The molecule has 0 spiro atoms. The summed E-state index contributed by atoms with van der Waals surface area (Å²) >= 11 is 1.54. The van der Waals surface area contributed by atoms with Gasteiger partial charge in [-0.25, -0.2) is 9.59 Å².